The summed E-state index contributed by atoms with van der Waals surface area (Å²) in [4.78, 5) is 52.5. The van der Waals surface area contributed by atoms with Gasteiger partial charge in [0.15, 0.2) is 5.60 Å². The second kappa shape index (κ2) is 9.30. The fourth-order valence-electron chi connectivity index (χ4n) is 12.5. The zero-order chi connectivity index (χ0) is 35.0. The smallest absolute Gasteiger partial charge is 0.341 e. The summed E-state index contributed by atoms with van der Waals surface area (Å²) in [5, 5.41) is 36.3. The van der Waals surface area contributed by atoms with Gasteiger partial charge in [-0.05, 0) is 43.6 Å². The fourth-order valence-corrected chi connectivity index (χ4v) is 12.5. The molecule has 0 aromatic heterocycles. The minimum Gasteiger partial charge on any atom is -0.511 e. The van der Waals surface area contributed by atoms with E-state index in [9.17, 15) is 34.5 Å². The maximum absolute atomic E-state index is 13.4. The van der Waals surface area contributed by atoms with Crippen molar-refractivity contribution in [2.45, 2.75) is 122 Å². The van der Waals surface area contributed by atoms with E-state index in [0.29, 0.717) is 12.0 Å². The predicted molar refractivity (Wildman–Crippen MR) is 159 cm³/mol. The topological polar surface area (TPSA) is 217 Å². The van der Waals surface area contributed by atoms with E-state index in [4.69, 9.17) is 34.2 Å². The van der Waals surface area contributed by atoms with Crippen LogP contribution in [-0.2, 0) is 47.6 Å². The highest BCUT2D eigenvalue weighted by Crippen LogP contribution is 2.81. The van der Waals surface area contributed by atoms with Gasteiger partial charge in [0, 0.05) is 49.4 Å². The van der Waals surface area contributed by atoms with Crippen LogP contribution in [0.5, 0.6) is 0 Å². The molecule has 0 amide bonds. The Labute approximate surface area is 277 Å². The number of carbonyl (C=O) groups excluding carboxylic acids is 4. The van der Waals surface area contributed by atoms with E-state index < -0.39 is 130 Å². The molecule has 3 heterocycles. The summed E-state index contributed by atoms with van der Waals surface area (Å²) in [6.45, 7) is 12.4. The Bertz CT molecular complexity index is 1580. The lowest BCUT2D eigenvalue weighted by atomic mass is 9.43. The monoisotopic (exact) mass is 675 g/mol. The third kappa shape index (κ3) is 3.37. The molecule has 0 aromatic carbocycles. The highest BCUT2D eigenvalue weighted by Gasteiger charge is 2.93. The SMILES string of the molecule is CC(=O)O[C@H]1[C@@H]2[C@H]([C@H](C)[C@H]3O[C@]34OC(=O)[C@@](C)(O)[C@]24C)[C@]2(C)[C@@H]1C1=C(O)[C@@H](N)[C@H]3C[C@@H]4O[C@@H]4[C@H](O)[C@]3(C)C1[C@H](OC(C)=O)[C@@H]2OC(C)=O. The fraction of sp³-hybridized carbons (Fsp3) is 0.824. The molecule has 0 radical (unpaired) electrons. The number of aliphatic hydroxyl groups excluding tert-OH is 2. The van der Waals surface area contributed by atoms with Crippen LogP contribution in [0.3, 0.4) is 0 Å². The minimum absolute atomic E-state index is 0.182. The number of epoxide rings is 2. The molecule has 48 heavy (non-hydrogen) atoms. The molecule has 8 aliphatic rings. The van der Waals surface area contributed by atoms with Crippen molar-refractivity contribution >= 4 is 23.9 Å². The summed E-state index contributed by atoms with van der Waals surface area (Å²) in [6, 6.07) is -0.968. The third-order valence-corrected chi connectivity index (χ3v) is 14.5. The van der Waals surface area contributed by atoms with Gasteiger partial charge in [-0.2, -0.15) is 0 Å². The first kappa shape index (κ1) is 32.4. The Morgan fingerprint density at radius 3 is 2.10 bits per heavy atom. The van der Waals surface area contributed by atoms with Gasteiger partial charge < -0.3 is 49.5 Å². The Balaban J connectivity index is 1.44. The average molecular weight is 676 g/mol. The number of ether oxygens (including phenoxy) is 6. The maximum atomic E-state index is 13.4. The quantitative estimate of drug-likeness (QED) is 0.184. The van der Waals surface area contributed by atoms with Gasteiger partial charge in [-0.1, -0.05) is 20.8 Å². The van der Waals surface area contributed by atoms with Gasteiger partial charge in [0.2, 0.25) is 5.79 Å². The first-order valence-electron chi connectivity index (χ1n) is 16.9. The molecule has 7 fully saturated rings. The zero-order valence-corrected chi connectivity index (χ0v) is 28.3. The summed E-state index contributed by atoms with van der Waals surface area (Å²) >= 11 is 0. The lowest BCUT2D eigenvalue weighted by Gasteiger charge is -2.63. The van der Waals surface area contributed by atoms with E-state index in [1.165, 1.54) is 27.7 Å². The van der Waals surface area contributed by atoms with Crippen molar-refractivity contribution in [3.05, 3.63) is 11.3 Å². The number of esters is 4. The Hall–Kier alpha value is -2.78. The van der Waals surface area contributed by atoms with E-state index in [0.717, 1.165) is 0 Å². The largest absolute Gasteiger partial charge is 0.511 e. The predicted octanol–water partition coefficient (Wildman–Crippen LogP) is 0.646. The van der Waals surface area contributed by atoms with Crippen molar-refractivity contribution in [2.75, 3.05) is 0 Å². The molecule has 4 saturated carbocycles. The van der Waals surface area contributed by atoms with Crippen LogP contribution >= 0.6 is 0 Å². The molecule has 5 N–H and O–H groups in total. The number of fused-ring (bicyclic) bond motifs is 9. The molecule has 8 rings (SSSR count). The van der Waals surface area contributed by atoms with E-state index in [2.05, 4.69) is 0 Å². The van der Waals surface area contributed by atoms with E-state index in [1.54, 1.807) is 6.92 Å². The second-order valence-corrected chi connectivity index (χ2v) is 16.4. The van der Waals surface area contributed by atoms with Gasteiger partial charge in [0.1, 0.15) is 36.3 Å². The molecule has 264 valence electrons. The van der Waals surface area contributed by atoms with Crippen LogP contribution < -0.4 is 5.73 Å². The first-order valence-corrected chi connectivity index (χ1v) is 16.9. The number of nitrogens with two attached hydrogens (primary N) is 1. The third-order valence-electron chi connectivity index (χ3n) is 14.5. The molecular formula is C34H45NO13. The van der Waals surface area contributed by atoms with Crippen molar-refractivity contribution < 1.29 is 62.9 Å². The molecule has 19 atom stereocenters. The van der Waals surface area contributed by atoms with Crippen molar-refractivity contribution in [1.82, 2.24) is 0 Å². The normalized spacial score (nSPS) is 58.1. The van der Waals surface area contributed by atoms with Crippen LogP contribution in [0.2, 0.25) is 0 Å². The number of carbonyl (C=O) groups is 4. The van der Waals surface area contributed by atoms with E-state index in [1.807, 2.05) is 20.8 Å². The Morgan fingerprint density at radius 2 is 1.50 bits per heavy atom. The Morgan fingerprint density at radius 1 is 0.917 bits per heavy atom. The van der Waals surface area contributed by atoms with E-state index >= 15 is 0 Å². The highest BCUT2D eigenvalue weighted by atomic mass is 16.8. The van der Waals surface area contributed by atoms with Crippen LogP contribution in [0.25, 0.3) is 0 Å². The number of rotatable bonds is 3. The first-order chi connectivity index (χ1) is 22.2. The highest BCUT2D eigenvalue weighted by molar-refractivity contribution is 5.84. The summed E-state index contributed by atoms with van der Waals surface area (Å²) in [5.74, 6) is -8.92. The molecule has 14 heteroatoms. The van der Waals surface area contributed by atoms with E-state index in [-0.39, 0.29) is 11.9 Å². The minimum atomic E-state index is -2.10. The summed E-state index contributed by atoms with van der Waals surface area (Å²) in [7, 11) is 0. The Kier molecular flexibility index (Phi) is 6.29. The number of hydrogen-bond donors (Lipinski definition) is 4. The van der Waals surface area contributed by atoms with Crippen molar-refractivity contribution in [2.24, 2.45) is 57.5 Å². The standard InChI is InChI=1S/C34H45NO13/c1-10-17-20(32(7)33(8,42)29(41)48-34(32)27(10)47-34)24(43-11(2)36)18-16-19(25(44-12(3)37)28(31(17,18)6)45-13(4)38)30(5)14(21(35)22(16)39)9-15-23(46-15)26(30)40/h10,14-15,17-21,23-28,39-40,42H,9,35H2,1-8H3/t10-,14+,15-,17-,18+,19?,20-,21-,23-,24+,25-,26-,27+,28-,30-,31+,32-,33+,34-/m0/s1. The molecule has 0 bridgehead atoms. The second-order valence-electron chi connectivity index (χ2n) is 16.4. The molecule has 5 aliphatic carbocycles. The number of hydrogen-bond acceptors (Lipinski definition) is 14. The van der Waals surface area contributed by atoms with Crippen LogP contribution in [0, 0.1) is 51.8 Å². The number of aliphatic hydroxyl groups is 3. The van der Waals surface area contributed by atoms with Gasteiger partial charge in [0.05, 0.1) is 23.7 Å². The zero-order valence-electron chi connectivity index (χ0n) is 28.3. The van der Waals surface area contributed by atoms with Crippen LogP contribution in [0.4, 0.5) is 0 Å². The summed E-state index contributed by atoms with van der Waals surface area (Å²) in [5.41, 5.74) is 1.18. The molecule has 14 nitrogen and oxygen atoms in total. The average Bonchev–Trinajstić information content (AvgIpc) is 3.88. The lowest BCUT2D eigenvalue weighted by molar-refractivity contribution is -0.225. The van der Waals surface area contributed by atoms with Crippen molar-refractivity contribution in [1.29, 1.82) is 0 Å². The van der Waals surface area contributed by atoms with Crippen LogP contribution in [-0.4, -0.2) is 99.4 Å². The summed E-state index contributed by atoms with van der Waals surface area (Å²) < 4.78 is 36.6. The van der Waals surface area contributed by atoms with Crippen molar-refractivity contribution in [3.8, 4) is 0 Å². The van der Waals surface area contributed by atoms with Gasteiger partial charge >= 0.3 is 23.9 Å². The maximum Gasteiger partial charge on any atom is 0.341 e. The van der Waals surface area contributed by atoms with Crippen LogP contribution in [0.15, 0.2) is 11.3 Å². The molecule has 3 saturated heterocycles. The van der Waals surface area contributed by atoms with Crippen molar-refractivity contribution in [3.63, 3.8) is 0 Å². The van der Waals surface area contributed by atoms with Gasteiger partial charge in [-0.3, -0.25) is 14.4 Å². The van der Waals surface area contributed by atoms with Gasteiger partial charge in [-0.25, -0.2) is 4.79 Å². The molecular weight excluding hydrogens is 630 g/mol. The molecule has 1 spiro atoms. The van der Waals surface area contributed by atoms with Crippen LogP contribution in [0.1, 0.15) is 61.8 Å². The van der Waals surface area contributed by atoms with Gasteiger partial charge in [-0.15, -0.1) is 0 Å². The summed E-state index contributed by atoms with van der Waals surface area (Å²) in [6.07, 6.45) is -5.65. The molecule has 1 unspecified atom stereocenters. The molecule has 3 aliphatic heterocycles. The lowest BCUT2D eigenvalue weighted by Crippen LogP contribution is -2.70. The van der Waals surface area contributed by atoms with Gasteiger partial charge in [0.25, 0.3) is 0 Å². The molecule has 0 aromatic rings.